The Morgan fingerprint density at radius 2 is 2.39 bits per heavy atom. The molecule has 100 valence electrons. The zero-order chi connectivity index (χ0) is 13.3. The lowest BCUT2D eigenvalue weighted by molar-refractivity contribution is -0.157. The molecule has 5 nitrogen and oxygen atoms in total. The van der Waals surface area contributed by atoms with E-state index in [1.54, 1.807) is 11.7 Å². The highest BCUT2D eigenvalue weighted by molar-refractivity contribution is 6.30. The topological polar surface area (TPSA) is 64.4 Å². The lowest BCUT2D eigenvalue weighted by Crippen LogP contribution is -2.41. The zero-order valence-corrected chi connectivity index (χ0v) is 11.3. The number of ether oxygens (including phenoxy) is 1. The van der Waals surface area contributed by atoms with Crippen LogP contribution in [0, 0.1) is 12.3 Å². The molecule has 0 radical (unpaired) electrons. The van der Waals surface area contributed by atoms with E-state index in [2.05, 4.69) is 5.10 Å². The van der Waals surface area contributed by atoms with Gasteiger partial charge in [-0.25, -0.2) is 0 Å². The minimum Gasteiger partial charge on any atom is -0.481 e. The molecule has 1 aromatic heterocycles. The van der Waals surface area contributed by atoms with Crippen molar-refractivity contribution in [1.82, 2.24) is 9.78 Å². The molecule has 1 aliphatic rings. The number of rotatable bonds is 3. The standard InChI is InChI=1S/C12H17ClN2O3/c1-8-9(10(13)15(2)14-8)6-12(11(16)17)4-3-5-18-7-12/h3-7H2,1-2H3,(H,16,17). The Balaban J connectivity index is 2.31. The van der Waals surface area contributed by atoms with Crippen molar-refractivity contribution >= 4 is 17.6 Å². The Morgan fingerprint density at radius 3 is 2.83 bits per heavy atom. The highest BCUT2D eigenvalue weighted by atomic mass is 35.5. The first-order valence-electron chi connectivity index (χ1n) is 5.95. The molecule has 1 atom stereocenters. The van der Waals surface area contributed by atoms with Crippen molar-refractivity contribution in [3.8, 4) is 0 Å². The number of nitrogens with zero attached hydrogens (tertiary/aromatic N) is 2. The van der Waals surface area contributed by atoms with Crippen molar-refractivity contribution in [3.63, 3.8) is 0 Å². The van der Waals surface area contributed by atoms with Gasteiger partial charge >= 0.3 is 5.97 Å². The van der Waals surface area contributed by atoms with Crippen molar-refractivity contribution in [1.29, 1.82) is 0 Å². The molecule has 0 amide bonds. The second kappa shape index (κ2) is 4.90. The number of carboxylic acid groups (broad SMARTS) is 1. The van der Waals surface area contributed by atoms with Crippen LogP contribution in [0.3, 0.4) is 0 Å². The molecule has 2 rings (SSSR count). The van der Waals surface area contributed by atoms with Crippen LogP contribution in [0.2, 0.25) is 5.15 Å². The maximum atomic E-state index is 11.6. The van der Waals surface area contributed by atoms with Crippen LogP contribution in [0.4, 0.5) is 0 Å². The van der Waals surface area contributed by atoms with Crippen molar-refractivity contribution in [2.45, 2.75) is 26.2 Å². The van der Waals surface area contributed by atoms with Gasteiger partial charge < -0.3 is 9.84 Å². The smallest absolute Gasteiger partial charge is 0.312 e. The molecule has 18 heavy (non-hydrogen) atoms. The number of carboxylic acids is 1. The van der Waals surface area contributed by atoms with Gasteiger partial charge in [0.25, 0.3) is 0 Å². The van der Waals surface area contributed by atoms with Crippen LogP contribution in [0.1, 0.15) is 24.1 Å². The summed E-state index contributed by atoms with van der Waals surface area (Å²) in [6.45, 7) is 2.72. The molecule has 6 heteroatoms. The molecule has 0 aromatic carbocycles. The van der Waals surface area contributed by atoms with Crippen LogP contribution in [0.5, 0.6) is 0 Å². The largest absolute Gasteiger partial charge is 0.481 e. The summed E-state index contributed by atoms with van der Waals surface area (Å²) in [5.41, 5.74) is 0.733. The molecule has 1 aliphatic heterocycles. The number of hydrogen-bond acceptors (Lipinski definition) is 3. The number of hydrogen-bond donors (Lipinski definition) is 1. The van der Waals surface area contributed by atoms with Gasteiger partial charge in [-0.1, -0.05) is 11.6 Å². The Bertz CT molecular complexity index is 464. The van der Waals surface area contributed by atoms with E-state index in [9.17, 15) is 9.90 Å². The van der Waals surface area contributed by atoms with Gasteiger partial charge in [-0.3, -0.25) is 9.48 Å². The van der Waals surface area contributed by atoms with Gasteiger partial charge in [-0.05, 0) is 26.2 Å². The van der Waals surface area contributed by atoms with Crippen molar-refractivity contribution in [2.24, 2.45) is 12.5 Å². The molecule has 1 N–H and O–H groups in total. The van der Waals surface area contributed by atoms with Crippen molar-refractivity contribution in [3.05, 3.63) is 16.4 Å². The Hall–Kier alpha value is -1.07. The molecular formula is C12H17ClN2O3. The fraction of sp³-hybridized carbons (Fsp3) is 0.667. The number of aromatic nitrogens is 2. The van der Waals surface area contributed by atoms with Crippen LogP contribution in [-0.4, -0.2) is 34.1 Å². The molecule has 0 saturated carbocycles. The van der Waals surface area contributed by atoms with Gasteiger partial charge in [0.2, 0.25) is 0 Å². The predicted molar refractivity (Wildman–Crippen MR) is 66.8 cm³/mol. The highest BCUT2D eigenvalue weighted by Crippen LogP contribution is 2.35. The van der Waals surface area contributed by atoms with E-state index < -0.39 is 11.4 Å². The third-order valence-corrected chi connectivity index (χ3v) is 4.03. The summed E-state index contributed by atoms with van der Waals surface area (Å²) in [6, 6.07) is 0. The van der Waals surface area contributed by atoms with Crippen LogP contribution < -0.4 is 0 Å². The average Bonchev–Trinajstić information content (AvgIpc) is 2.57. The molecule has 2 heterocycles. The summed E-state index contributed by atoms with van der Waals surface area (Å²) in [6.07, 6.45) is 1.76. The van der Waals surface area contributed by atoms with E-state index in [1.807, 2.05) is 6.92 Å². The van der Waals surface area contributed by atoms with E-state index in [1.165, 1.54) is 0 Å². The van der Waals surface area contributed by atoms with Crippen molar-refractivity contribution < 1.29 is 14.6 Å². The summed E-state index contributed by atoms with van der Waals surface area (Å²) in [4.78, 5) is 11.6. The van der Waals surface area contributed by atoms with E-state index in [-0.39, 0.29) is 6.61 Å². The number of carbonyl (C=O) groups is 1. The Morgan fingerprint density at radius 1 is 1.67 bits per heavy atom. The van der Waals surface area contributed by atoms with Crippen LogP contribution in [0.15, 0.2) is 0 Å². The maximum Gasteiger partial charge on any atom is 0.312 e. The maximum absolute atomic E-state index is 11.6. The zero-order valence-electron chi connectivity index (χ0n) is 10.6. The van der Waals surface area contributed by atoms with Gasteiger partial charge in [0.1, 0.15) is 5.15 Å². The van der Waals surface area contributed by atoms with Crippen LogP contribution in [-0.2, 0) is 23.0 Å². The first-order valence-corrected chi connectivity index (χ1v) is 6.33. The fourth-order valence-corrected chi connectivity index (χ4v) is 2.69. The van der Waals surface area contributed by atoms with E-state index in [0.717, 1.165) is 17.7 Å². The normalized spacial score (nSPS) is 24.2. The number of halogens is 1. The summed E-state index contributed by atoms with van der Waals surface area (Å²) >= 11 is 6.17. The van der Waals surface area contributed by atoms with Crippen LogP contribution >= 0.6 is 11.6 Å². The summed E-state index contributed by atoms with van der Waals surface area (Å²) in [5, 5.41) is 14.2. The van der Waals surface area contributed by atoms with E-state index in [4.69, 9.17) is 16.3 Å². The lowest BCUT2D eigenvalue weighted by atomic mass is 9.77. The van der Waals surface area contributed by atoms with Gasteiger partial charge in [0.15, 0.2) is 0 Å². The molecular weight excluding hydrogens is 256 g/mol. The lowest BCUT2D eigenvalue weighted by Gasteiger charge is -2.33. The quantitative estimate of drug-likeness (QED) is 0.911. The highest BCUT2D eigenvalue weighted by Gasteiger charge is 2.42. The van der Waals surface area contributed by atoms with Crippen molar-refractivity contribution in [2.75, 3.05) is 13.2 Å². The first-order chi connectivity index (χ1) is 8.46. The van der Waals surface area contributed by atoms with Crippen LogP contribution in [0.25, 0.3) is 0 Å². The Labute approximate surface area is 111 Å². The monoisotopic (exact) mass is 272 g/mol. The third-order valence-electron chi connectivity index (χ3n) is 3.56. The molecule has 0 bridgehead atoms. The molecule has 0 aliphatic carbocycles. The second-order valence-electron chi connectivity index (χ2n) is 4.90. The Kier molecular flexibility index (Phi) is 3.64. The predicted octanol–water partition coefficient (Wildman–Crippen LogP) is 1.81. The van der Waals surface area contributed by atoms with Gasteiger partial charge in [0, 0.05) is 19.2 Å². The van der Waals surface area contributed by atoms with E-state index in [0.29, 0.717) is 24.6 Å². The second-order valence-corrected chi connectivity index (χ2v) is 5.25. The van der Waals surface area contributed by atoms with Gasteiger partial charge in [-0.15, -0.1) is 0 Å². The van der Waals surface area contributed by atoms with E-state index >= 15 is 0 Å². The summed E-state index contributed by atoms with van der Waals surface area (Å²) in [5.74, 6) is -0.818. The number of aliphatic carboxylic acids is 1. The third kappa shape index (κ3) is 2.24. The fourth-order valence-electron chi connectivity index (χ4n) is 2.45. The minimum atomic E-state index is -0.865. The summed E-state index contributed by atoms with van der Waals surface area (Å²) < 4.78 is 6.93. The van der Waals surface area contributed by atoms with Gasteiger partial charge in [0.05, 0.1) is 17.7 Å². The summed E-state index contributed by atoms with van der Waals surface area (Å²) in [7, 11) is 1.75. The SMILES string of the molecule is Cc1nn(C)c(Cl)c1CC1(C(=O)O)CCCOC1. The average molecular weight is 273 g/mol. The molecule has 1 aromatic rings. The molecule has 1 fully saturated rings. The van der Waals surface area contributed by atoms with Gasteiger partial charge in [-0.2, -0.15) is 5.10 Å². The first kappa shape index (κ1) is 13.4. The number of aryl methyl sites for hydroxylation is 2. The molecule has 1 unspecified atom stereocenters. The molecule has 0 spiro atoms. The minimum absolute atomic E-state index is 0.243. The molecule has 1 saturated heterocycles.